The number of non-ortho nitro benzene ring substituents is 1. The van der Waals surface area contributed by atoms with Gasteiger partial charge in [0.25, 0.3) is 17.5 Å². The number of unbranched alkanes of at least 4 members (excludes halogenated alkanes) is 2. The number of amides is 2. The molecule has 0 saturated heterocycles. The Hall–Kier alpha value is -6.27. The van der Waals surface area contributed by atoms with Crippen molar-refractivity contribution in [1.82, 2.24) is 25.4 Å². The van der Waals surface area contributed by atoms with E-state index in [0.29, 0.717) is 55.6 Å². The predicted octanol–water partition coefficient (Wildman–Crippen LogP) is 4.31. The fourth-order valence-electron chi connectivity index (χ4n) is 6.48. The summed E-state index contributed by atoms with van der Waals surface area (Å²) >= 11 is 0. The van der Waals surface area contributed by atoms with Crippen LogP contribution in [0.3, 0.4) is 0 Å². The third kappa shape index (κ3) is 17.0. The molecular formula is C44H58N6O12. The van der Waals surface area contributed by atoms with Crippen molar-refractivity contribution >= 4 is 41.4 Å². The molecule has 1 aromatic heterocycles. The number of ether oxygens (including phenoxy) is 4. The van der Waals surface area contributed by atoms with Gasteiger partial charge in [0.1, 0.15) is 12.1 Å². The number of rotatable bonds is 27. The van der Waals surface area contributed by atoms with Crippen LogP contribution in [-0.2, 0) is 51.2 Å². The van der Waals surface area contributed by atoms with Gasteiger partial charge in [-0.1, -0.05) is 23.8 Å². The average molecular weight is 863 g/mol. The van der Waals surface area contributed by atoms with E-state index in [4.69, 9.17) is 23.9 Å². The SMILES string of the molecule is CCOC(=O)C(CCCCNC(=O)c1ccc(C)cc1)N(CC(=O)OC)Cc1cccc(CN(CC(=O)OC)C(CCCCNC(=O)c2ccc([N+](=O)[O-])cc2)C(=O)OCC)n1. The molecule has 62 heavy (non-hydrogen) atoms. The molecule has 2 amide bonds. The van der Waals surface area contributed by atoms with E-state index >= 15 is 0 Å². The number of hydrogen-bond acceptors (Lipinski definition) is 15. The molecule has 2 atom stereocenters. The summed E-state index contributed by atoms with van der Waals surface area (Å²) in [5.74, 6) is -2.86. The Kier molecular flexibility index (Phi) is 21.7. The third-order valence-corrected chi connectivity index (χ3v) is 9.75. The number of hydrogen-bond donors (Lipinski definition) is 2. The Balaban J connectivity index is 1.74. The van der Waals surface area contributed by atoms with Gasteiger partial charge in [0.05, 0.1) is 56.8 Å². The van der Waals surface area contributed by atoms with Crippen LogP contribution in [0.25, 0.3) is 0 Å². The number of carbonyl (C=O) groups excluding carboxylic acids is 6. The van der Waals surface area contributed by atoms with Crippen LogP contribution >= 0.6 is 0 Å². The summed E-state index contributed by atoms with van der Waals surface area (Å²) in [6.07, 6.45) is 2.56. The van der Waals surface area contributed by atoms with Gasteiger partial charge in [-0.2, -0.15) is 0 Å². The van der Waals surface area contributed by atoms with Crippen molar-refractivity contribution in [2.75, 3.05) is 53.6 Å². The minimum absolute atomic E-state index is 0.0237. The first-order chi connectivity index (χ1) is 29.8. The van der Waals surface area contributed by atoms with Gasteiger partial charge in [-0.25, -0.2) is 0 Å². The maximum atomic E-state index is 13.4. The smallest absolute Gasteiger partial charge is 0.323 e. The highest BCUT2D eigenvalue weighted by Gasteiger charge is 2.31. The fraction of sp³-hybridized carbons (Fsp3) is 0.477. The molecule has 0 saturated carbocycles. The van der Waals surface area contributed by atoms with E-state index < -0.39 is 46.8 Å². The fourth-order valence-corrected chi connectivity index (χ4v) is 6.48. The first-order valence-electron chi connectivity index (χ1n) is 20.6. The summed E-state index contributed by atoms with van der Waals surface area (Å²) in [4.78, 5) is 95.8. The first-order valence-corrected chi connectivity index (χ1v) is 20.6. The molecule has 18 heteroatoms. The van der Waals surface area contributed by atoms with Crippen molar-refractivity contribution in [1.29, 1.82) is 0 Å². The van der Waals surface area contributed by atoms with Crippen LogP contribution in [0.4, 0.5) is 5.69 Å². The monoisotopic (exact) mass is 862 g/mol. The van der Waals surface area contributed by atoms with Gasteiger partial charge in [0.15, 0.2) is 0 Å². The number of nitro groups is 1. The van der Waals surface area contributed by atoms with Gasteiger partial charge >= 0.3 is 23.9 Å². The number of pyridine rings is 1. The summed E-state index contributed by atoms with van der Waals surface area (Å²) in [7, 11) is 2.49. The lowest BCUT2D eigenvalue weighted by Gasteiger charge is -2.30. The molecule has 0 radical (unpaired) electrons. The number of nitrogens with one attached hydrogen (secondary N) is 2. The van der Waals surface area contributed by atoms with Gasteiger partial charge in [-0.3, -0.25) is 53.7 Å². The summed E-state index contributed by atoms with van der Waals surface area (Å²) in [6.45, 7) is 5.70. The minimum atomic E-state index is -0.893. The van der Waals surface area contributed by atoms with Crippen LogP contribution in [-0.4, -0.2) is 121 Å². The van der Waals surface area contributed by atoms with Gasteiger partial charge in [-0.15, -0.1) is 0 Å². The van der Waals surface area contributed by atoms with Crippen molar-refractivity contribution in [3.8, 4) is 0 Å². The van der Waals surface area contributed by atoms with Crippen LogP contribution in [0, 0.1) is 17.0 Å². The van der Waals surface area contributed by atoms with Crippen LogP contribution in [0.2, 0.25) is 0 Å². The lowest BCUT2D eigenvalue weighted by Crippen LogP contribution is -2.45. The number of esters is 4. The maximum absolute atomic E-state index is 13.4. The summed E-state index contributed by atoms with van der Waals surface area (Å²) in [5, 5.41) is 16.6. The molecule has 3 rings (SSSR count). The van der Waals surface area contributed by atoms with Crippen molar-refractivity contribution in [2.45, 2.75) is 84.5 Å². The second-order valence-corrected chi connectivity index (χ2v) is 14.3. The van der Waals surface area contributed by atoms with E-state index in [1.54, 1.807) is 54.0 Å². The molecule has 3 aromatic rings. The van der Waals surface area contributed by atoms with Crippen LogP contribution in [0.15, 0.2) is 66.7 Å². The number of benzene rings is 2. The Morgan fingerprint density at radius 2 is 1.08 bits per heavy atom. The van der Waals surface area contributed by atoms with Gasteiger partial charge in [-0.05, 0) is 95.7 Å². The molecule has 2 aromatic carbocycles. The molecular weight excluding hydrogens is 805 g/mol. The topological polar surface area (TPSA) is 226 Å². The number of nitro benzene ring substituents is 1. The molecule has 0 bridgehead atoms. The van der Waals surface area contributed by atoms with E-state index in [2.05, 4.69) is 10.6 Å². The van der Waals surface area contributed by atoms with Crippen molar-refractivity contribution in [3.05, 3.63) is 105 Å². The molecule has 0 aliphatic heterocycles. The van der Waals surface area contributed by atoms with E-state index in [9.17, 15) is 38.9 Å². The standard InChI is InChI=1S/C44H58N6O12/c1-6-61-43(55)37(15-8-10-25-45-41(53)32-19-17-31(3)18-20-32)48(29-39(51)59-4)27-34-13-12-14-35(47-34)28-49(30-40(52)60-5)38(44(56)62-7-2)16-9-11-26-46-42(54)33-21-23-36(24-22-33)50(57)58/h12-14,17-24,37-38H,6-11,15-16,25-30H2,1-5H3,(H,45,53)(H,46,54). The summed E-state index contributed by atoms with van der Waals surface area (Å²) < 4.78 is 20.8. The predicted molar refractivity (Wildman–Crippen MR) is 227 cm³/mol. The molecule has 2 N–H and O–H groups in total. The van der Waals surface area contributed by atoms with E-state index in [1.165, 1.54) is 38.5 Å². The molecule has 1 heterocycles. The third-order valence-electron chi connectivity index (χ3n) is 9.75. The molecule has 0 aliphatic rings. The zero-order chi connectivity index (χ0) is 45.4. The van der Waals surface area contributed by atoms with Crippen molar-refractivity contribution in [3.63, 3.8) is 0 Å². The number of methoxy groups -OCH3 is 2. The number of aromatic nitrogens is 1. The van der Waals surface area contributed by atoms with Gasteiger partial charge < -0.3 is 29.6 Å². The second kappa shape index (κ2) is 26.8. The van der Waals surface area contributed by atoms with Crippen LogP contribution < -0.4 is 10.6 Å². The minimum Gasteiger partial charge on any atom is -0.468 e. The first kappa shape index (κ1) is 50.1. The maximum Gasteiger partial charge on any atom is 0.323 e. The van der Waals surface area contributed by atoms with Crippen LogP contribution in [0.5, 0.6) is 0 Å². The molecule has 336 valence electrons. The normalized spacial score (nSPS) is 11.9. The zero-order valence-corrected chi connectivity index (χ0v) is 36.1. The number of aryl methyl sites for hydroxylation is 1. The number of nitrogens with zero attached hydrogens (tertiary/aromatic N) is 4. The summed E-state index contributed by atoms with van der Waals surface area (Å²) in [6, 6.07) is 15.9. The molecule has 0 spiro atoms. The van der Waals surface area contributed by atoms with E-state index in [0.717, 1.165) is 5.56 Å². The Labute approximate surface area is 361 Å². The highest BCUT2D eigenvalue weighted by Crippen LogP contribution is 2.19. The van der Waals surface area contributed by atoms with Crippen molar-refractivity contribution < 1.29 is 52.6 Å². The van der Waals surface area contributed by atoms with Crippen molar-refractivity contribution in [2.24, 2.45) is 0 Å². The summed E-state index contributed by atoms with van der Waals surface area (Å²) in [5.41, 5.74) is 2.69. The lowest BCUT2D eigenvalue weighted by atomic mass is 10.1. The second-order valence-electron chi connectivity index (χ2n) is 14.3. The quantitative estimate of drug-likeness (QED) is 0.0358. The van der Waals surface area contributed by atoms with Gasteiger partial charge in [0, 0.05) is 49.4 Å². The Bertz CT molecular complexity index is 1940. The Morgan fingerprint density at radius 3 is 1.47 bits per heavy atom. The number of carbonyl (C=O) groups is 6. The highest BCUT2D eigenvalue weighted by atomic mass is 16.6. The van der Waals surface area contributed by atoms with E-state index in [1.807, 2.05) is 19.1 Å². The highest BCUT2D eigenvalue weighted by molar-refractivity contribution is 5.94. The Morgan fingerprint density at radius 1 is 0.661 bits per heavy atom. The van der Waals surface area contributed by atoms with Gasteiger partial charge in [0.2, 0.25) is 0 Å². The lowest BCUT2D eigenvalue weighted by molar-refractivity contribution is -0.384. The van der Waals surface area contributed by atoms with E-state index in [-0.39, 0.29) is 69.5 Å². The molecule has 18 nitrogen and oxygen atoms in total. The average Bonchev–Trinajstić information content (AvgIpc) is 3.25. The molecule has 0 fully saturated rings. The zero-order valence-electron chi connectivity index (χ0n) is 36.1. The van der Waals surface area contributed by atoms with Crippen LogP contribution in [0.1, 0.15) is 90.0 Å². The molecule has 2 unspecified atom stereocenters. The largest absolute Gasteiger partial charge is 0.468 e. The molecule has 0 aliphatic carbocycles.